The lowest BCUT2D eigenvalue weighted by molar-refractivity contribution is -0.0155. The van der Waals surface area contributed by atoms with Crippen LogP contribution in [0.15, 0.2) is 0 Å². The van der Waals surface area contributed by atoms with Crippen LogP contribution in [0.25, 0.3) is 0 Å². The van der Waals surface area contributed by atoms with Crippen molar-refractivity contribution in [3.8, 4) is 0 Å². The van der Waals surface area contributed by atoms with E-state index < -0.39 is 8.56 Å². The van der Waals surface area contributed by atoms with Crippen LogP contribution in [-0.2, 0) is 13.6 Å². The van der Waals surface area contributed by atoms with Gasteiger partial charge in [-0.05, 0) is 38.9 Å². The summed E-state index contributed by atoms with van der Waals surface area (Å²) in [6.45, 7) is 1.02. The van der Waals surface area contributed by atoms with Gasteiger partial charge in [-0.3, -0.25) is 0 Å². The third kappa shape index (κ3) is 2.90. The summed E-state index contributed by atoms with van der Waals surface area (Å²) in [5.41, 5.74) is 0. The maximum absolute atomic E-state index is 5.91. The van der Waals surface area contributed by atoms with Crippen molar-refractivity contribution in [2.45, 2.75) is 43.4 Å². The number of methoxy groups -OCH3 is 1. The smallest absolute Gasteiger partial charge is 0.370 e. The Kier molecular flexibility index (Phi) is 6.09. The predicted molar refractivity (Wildman–Crippen MR) is 71.3 cm³/mol. The van der Waals surface area contributed by atoms with E-state index in [2.05, 4.69) is 5.32 Å². The summed E-state index contributed by atoms with van der Waals surface area (Å²) >= 11 is 0. The molecule has 5 heteroatoms. The minimum absolute atomic E-state index is 0.161. The second-order valence-electron chi connectivity index (χ2n) is 4.77. The third-order valence-corrected chi connectivity index (χ3v) is 8.51. The second kappa shape index (κ2) is 6.85. The summed E-state index contributed by atoms with van der Waals surface area (Å²) < 4.78 is 17.6. The van der Waals surface area contributed by atoms with Crippen molar-refractivity contribution in [3.63, 3.8) is 0 Å². The number of nitrogens with one attached hydrogen (secondary N) is 1. The Morgan fingerprint density at radius 2 is 1.88 bits per heavy atom. The first-order valence-electron chi connectivity index (χ1n) is 6.50. The minimum Gasteiger partial charge on any atom is -0.396 e. The predicted octanol–water partition coefficient (Wildman–Crippen LogP) is 1.83. The molecule has 4 nitrogen and oxygen atoms in total. The molecule has 0 radical (unpaired) electrons. The van der Waals surface area contributed by atoms with Crippen molar-refractivity contribution in [2.75, 3.05) is 34.9 Å². The van der Waals surface area contributed by atoms with Gasteiger partial charge in [-0.25, -0.2) is 0 Å². The monoisotopic (exact) mass is 261 g/mol. The topological polar surface area (TPSA) is 39.7 Å². The highest BCUT2D eigenvalue weighted by atomic mass is 28.4. The lowest BCUT2D eigenvalue weighted by Gasteiger charge is -2.48. The van der Waals surface area contributed by atoms with Gasteiger partial charge < -0.3 is 18.9 Å². The van der Waals surface area contributed by atoms with Crippen LogP contribution in [-0.4, -0.2) is 48.7 Å². The number of hydrogen-bond donors (Lipinski definition) is 1. The Morgan fingerprint density at radius 3 is 2.41 bits per heavy atom. The fraction of sp³-hybridized carbons (Fsp3) is 1.00. The molecule has 0 aromatic heterocycles. The van der Waals surface area contributed by atoms with Crippen molar-refractivity contribution in [2.24, 2.45) is 0 Å². The van der Waals surface area contributed by atoms with E-state index in [-0.39, 0.29) is 5.22 Å². The van der Waals surface area contributed by atoms with Crippen LogP contribution >= 0.6 is 0 Å². The Labute approximate surface area is 106 Å². The van der Waals surface area contributed by atoms with Gasteiger partial charge in [0.25, 0.3) is 0 Å². The molecule has 0 amide bonds. The van der Waals surface area contributed by atoms with Gasteiger partial charge in [0.1, 0.15) is 5.22 Å². The van der Waals surface area contributed by atoms with Crippen molar-refractivity contribution in [1.29, 1.82) is 0 Å². The molecule has 1 aliphatic heterocycles. The van der Waals surface area contributed by atoms with Crippen LogP contribution < -0.4 is 5.32 Å². The SMILES string of the molecule is CNCCCC1(OC)CCCC[Si]1(OC)OC. The van der Waals surface area contributed by atoms with Gasteiger partial charge in [0.05, 0.1) is 0 Å². The molecule has 1 N–H and O–H groups in total. The molecular formula is C12H27NO3Si. The van der Waals surface area contributed by atoms with E-state index in [0.717, 1.165) is 31.9 Å². The number of rotatable bonds is 7. The molecule has 1 fully saturated rings. The molecule has 0 saturated carbocycles. The van der Waals surface area contributed by atoms with Crippen LogP contribution in [0.5, 0.6) is 0 Å². The maximum atomic E-state index is 5.91. The Balaban J connectivity index is 2.82. The zero-order chi connectivity index (χ0) is 12.8. The van der Waals surface area contributed by atoms with Gasteiger partial charge in [0.15, 0.2) is 0 Å². The first kappa shape index (κ1) is 15.1. The summed E-state index contributed by atoms with van der Waals surface area (Å²) in [5, 5.41) is 3.03. The fourth-order valence-corrected chi connectivity index (χ4v) is 6.99. The highest BCUT2D eigenvalue weighted by Gasteiger charge is 2.58. The van der Waals surface area contributed by atoms with E-state index in [0.29, 0.717) is 0 Å². The summed E-state index contributed by atoms with van der Waals surface area (Å²) in [4.78, 5) is 0. The van der Waals surface area contributed by atoms with Gasteiger partial charge in [0, 0.05) is 21.3 Å². The molecule has 0 aromatic carbocycles. The fourth-order valence-electron chi connectivity index (χ4n) is 3.07. The highest BCUT2D eigenvalue weighted by molar-refractivity contribution is 6.70. The van der Waals surface area contributed by atoms with Gasteiger partial charge in [-0.2, -0.15) is 0 Å². The standard InChI is InChI=1S/C12H27NO3Si/c1-13-10-7-9-12(14-2)8-5-6-11-17(12,15-3)16-4/h13H,5-11H2,1-4H3. The molecule has 0 aliphatic carbocycles. The van der Waals surface area contributed by atoms with Crippen LogP contribution in [0.3, 0.4) is 0 Å². The zero-order valence-corrected chi connectivity index (χ0v) is 12.7. The lowest BCUT2D eigenvalue weighted by atomic mass is 10.1. The summed E-state index contributed by atoms with van der Waals surface area (Å²) in [6, 6.07) is 1.05. The molecule has 17 heavy (non-hydrogen) atoms. The summed E-state index contributed by atoms with van der Waals surface area (Å²) in [7, 11) is 5.15. The average molecular weight is 261 g/mol. The molecule has 1 unspecified atom stereocenters. The largest absolute Gasteiger partial charge is 0.396 e. The quantitative estimate of drug-likeness (QED) is 0.561. The van der Waals surface area contributed by atoms with E-state index in [1.54, 1.807) is 14.2 Å². The van der Waals surface area contributed by atoms with Crippen LogP contribution in [0.4, 0.5) is 0 Å². The minimum atomic E-state index is -2.21. The van der Waals surface area contributed by atoms with Crippen molar-refractivity contribution in [1.82, 2.24) is 5.32 Å². The molecule has 1 aliphatic rings. The normalized spacial score (nSPS) is 28.2. The first-order chi connectivity index (χ1) is 8.20. The Bertz CT molecular complexity index is 224. The summed E-state index contributed by atoms with van der Waals surface area (Å²) in [6.07, 6.45) is 5.62. The lowest BCUT2D eigenvalue weighted by Crippen LogP contribution is -2.64. The maximum Gasteiger partial charge on any atom is 0.370 e. The molecule has 1 atom stereocenters. The van der Waals surface area contributed by atoms with E-state index >= 15 is 0 Å². The molecule has 1 rings (SSSR count). The van der Waals surface area contributed by atoms with Crippen LogP contribution in [0, 0.1) is 0 Å². The van der Waals surface area contributed by atoms with E-state index in [1.165, 1.54) is 12.8 Å². The van der Waals surface area contributed by atoms with Gasteiger partial charge >= 0.3 is 8.56 Å². The van der Waals surface area contributed by atoms with Crippen LogP contribution in [0.2, 0.25) is 6.04 Å². The van der Waals surface area contributed by atoms with Gasteiger partial charge in [-0.1, -0.05) is 12.8 Å². The zero-order valence-electron chi connectivity index (χ0n) is 11.7. The van der Waals surface area contributed by atoms with Gasteiger partial charge in [-0.15, -0.1) is 0 Å². The van der Waals surface area contributed by atoms with E-state index in [4.69, 9.17) is 13.6 Å². The molecule has 102 valence electrons. The average Bonchev–Trinajstić information content (AvgIpc) is 2.39. The third-order valence-electron chi connectivity index (χ3n) is 4.09. The van der Waals surface area contributed by atoms with E-state index in [9.17, 15) is 0 Å². The number of hydrogen-bond acceptors (Lipinski definition) is 4. The molecule has 1 saturated heterocycles. The van der Waals surface area contributed by atoms with E-state index in [1.807, 2.05) is 14.2 Å². The molecule has 0 spiro atoms. The Morgan fingerprint density at radius 1 is 1.18 bits per heavy atom. The van der Waals surface area contributed by atoms with Crippen molar-refractivity contribution in [3.05, 3.63) is 0 Å². The summed E-state index contributed by atoms with van der Waals surface area (Å²) in [5.74, 6) is 0. The molecule has 0 aromatic rings. The molecular weight excluding hydrogens is 234 g/mol. The second-order valence-corrected chi connectivity index (χ2v) is 8.51. The molecule has 0 bridgehead atoms. The number of ether oxygens (including phenoxy) is 1. The molecule has 1 heterocycles. The Hall–Kier alpha value is 0.0569. The van der Waals surface area contributed by atoms with Crippen molar-refractivity contribution >= 4 is 8.56 Å². The highest BCUT2D eigenvalue weighted by Crippen LogP contribution is 2.42. The van der Waals surface area contributed by atoms with Crippen LogP contribution in [0.1, 0.15) is 32.1 Å². The van der Waals surface area contributed by atoms with Gasteiger partial charge in [0.2, 0.25) is 0 Å². The first-order valence-corrected chi connectivity index (χ1v) is 8.52. The van der Waals surface area contributed by atoms with Crippen molar-refractivity contribution < 1.29 is 13.6 Å².